The molecule has 4 aliphatic rings. The molecule has 0 aromatic rings. The van der Waals surface area contributed by atoms with Crippen LogP contribution in [0.25, 0.3) is 0 Å². The number of aldehydes is 1. The molecule has 2 N–H and O–H groups in total. The van der Waals surface area contributed by atoms with Gasteiger partial charge >= 0.3 is 5.97 Å². The minimum Gasteiger partial charge on any atom is -0.456 e. The van der Waals surface area contributed by atoms with Crippen molar-refractivity contribution < 1.29 is 57.9 Å². The van der Waals surface area contributed by atoms with Crippen molar-refractivity contribution in [3.05, 3.63) is 23.3 Å². The number of esters is 1. The van der Waals surface area contributed by atoms with Crippen LogP contribution in [-0.4, -0.2) is 128 Å². The van der Waals surface area contributed by atoms with E-state index < -0.39 is 78.3 Å². The van der Waals surface area contributed by atoms with Gasteiger partial charge in [0.05, 0.1) is 30.5 Å². The van der Waals surface area contributed by atoms with Crippen LogP contribution in [-0.2, 0) is 47.7 Å². The van der Waals surface area contributed by atoms with E-state index in [0.717, 1.165) is 5.57 Å². The lowest BCUT2D eigenvalue weighted by atomic mass is 9.81. The summed E-state index contributed by atoms with van der Waals surface area (Å²) >= 11 is 0. The Morgan fingerprint density at radius 3 is 2.18 bits per heavy atom. The predicted molar refractivity (Wildman–Crippen MR) is 212 cm³/mol. The van der Waals surface area contributed by atoms with Crippen LogP contribution in [0, 0.1) is 29.6 Å². The van der Waals surface area contributed by atoms with Crippen LogP contribution in [0.3, 0.4) is 0 Å². The third kappa shape index (κ3) is 12.4. The van der Waals surface area contributed by atoms with E-state index in [1.54, 1.807) is 34.3 Å². The fourth-order valence-electron chi connectivity index (χ4n) is 9.53. The normalized spacial score (nSPS) is 39.9. The molecule has 1 aliphatic carbocycles. The smallest absolute Gasteiger partial charge is 0.329 e. The maximum atomic E-state index is 14.3. The Kier molecular flexibility index (Phi) is 18.1. The standard InChI is InChI=1S/C44H69NO12/c1-25-17-26(2)20-38(54-7)42-39(55-8)21-27(3)19-37(56-42)40(50)43(51)45-15-10-9-11-32(45)44(52)57-41(28(4)22-30-12-13-33(47)36(23-30)53-6)29(5)34(48)24-35(49)31(18-25)14-16-46/h16,18,22,26-27,29-34,36-39,41-42,47-48H,9-15,17,19-21,23-24H2,1-8H3/b25-18+,28-22+/t26-,27-,29+,30-,31+,32-,33+,34-,36+,37-,38-,39-,41+,42+/m0/s1. The average Bonchev–Trinajstić information content (AvgIpc) is 3.36. The van der Waals surface area contributed by atoms with Gasteiger partial charge in [0, 0.05) is 52.6 Å². The molecule has 1 saturated carbocycles. The van der Waals surface area contributed by atoms with Crippen molar-refractivity contribution in [2.45, 2.75) is 167 Å². The van der Waals surface area contributed by atoms with Gasteiger partial charge in [0.1, 0.15) is 36.4 Å². The molecule has 13 heteroatoms. The molecule has 322 valence electrons. The summed E-state index contributed by atoms with van der Waals surface area (Å²) in [6.45, 7) is 9.69. The van der Waals surface area contributed by atoms with Gasteiger partial charge < -0.3 is 43.6 Å². The fourth-order valence-corrected chi connectivity index (χ4v) is 9.53. The molecule has 3 heterocycles. The Bertz CT molecular complexity index is 1450. The number of cyclic esters (lactones) is 1. The zero-order valence-electron chi connectivity index (χ0n) is 35.4. The first-order valence-corrected chi connectivity index (χ1v) is 21.1. The van der Waals surface area contributed by atoms with Gasteiger partial charge in [-0.15, -0.1) is 0 Å². The molecule has 1 amide bonds. The molecule has 3 fully saturated rings. The highest BCUT2D eigenvalue weighted by molar-refractivity contribution is 6.38. The third-order valence-electron chi connectivity index (χ3n) is 12.8. The van der Waals surface area contributed by atoms with E-state index in [1.165, 1.54) is 4.90 Å². The van der Waals surface area contributed by atoms with Crippen LogP contribution >= 0.6 is 0 Å². The van der Waals surface area contributed by atoms with E-state index in [0.29, 0.717) is 69.6 Å². The number of carbonyl (C=O) groups is 5. The Morgan fingerprint density at radius 2 is 1.53 bits per heavy atom. The second-order valence-electron chi connectivity index (χ2n) is 17.4. The van der Waals surface area contributed by atoms with Crippen molar-refractivity contribution >= 4 is 29.7 Å². The van der Waals surface area contributed by atoms with E-state index in [9.17, 15) is 34.2 Å². The van der Waals surface area contributed by atoms with Crippen LogP contribution in [0.4, 0.5) is 0 Å². The maximum Gasteiger partial charge on any atom is 0.329 e. The molecule has 2 saturated heterocycles. The van der Waals surface area contributed by atoms with Gasteiger partial charge in [-0.1, -0.05) is 38.5 Å². The number of aliphatic hydroxyl groups excluding tert-OH is 2. The molecule has 0 unspecified atom stereocenters. The molecule has 0 radical (unpaired) electrons. The summed E-state index contributed by atoms with van der Waals surface area (Å²) < 4.78 is 30.3. The number of hydrogen-bond acceptors (Lipinski definition) is 12. The number of methoxy groups -OCH3 is 3. The van der Waals surface area contributed by atoms with E-state index in [1.807, 2.05) is 26.8 Å². The van der Waals surface area contributed by atoms with Crippen molar-refractivity contribution in [3.8, 4) is 0 Å². The number of fused-ring (bicyclic) bond motifs is 3. The lowest BCUT2D eigenvalue weighted by Gasteiger charge is -2.37. The van der Waals surface area contributed by atoms with Gasteiger partial charge in [-0.2, -0.15) is 0 Å². The molecule has 2 bridgehead atoms. The van der Waals surface area contributed by atoms with Gasteiger partial charge in [0.2, 0.25) is 5.78 Å². The molecule has 57 heavy (non-hydrogen) atoms. The van der Waals surface area contributed by atoms with Crippen LogP contribution in [0.15, 0.2) is 23.3 Å². The number of amides is 1. The van der Waals surface area contributed by atoms with Crippen LogP contribution in [0.5, 0.6) is 0 Å². The second-order valence-corrected chi connectivity index (χ2v) is 17.4. The summed E-state index contributed by atoms with van der Waals surface area (Å²) in [5, 5.41) is 22.1. The minimum absolute atomic E-state index is 0.00720. The monoisotopic (exact) mass is 803 g/mol. The maximum absolute atomic E-state index is 14.3. The number of aliphatic hydroxyl groups is 2. The Morgan fingerprint density at radius 1 is 0.860 bits per heavy atom. The molecule has 14 atom stereocenters. The number of Topliss-reactive ketones (excluding diaryl/α,β-unsaturated/α-hetero) is 2. The van der Waals surface area contributed by atoms with Crippen molar-refractivity contribution in [3.63, 3.8) is 0 Å². The summed E-state index contributed by atoms with van der Waals surface area (Å²) in [6.07, 6.45) is 3.69. The Balaban J connectivity index is 1.76. The molecule has 0 aromatic heterocycles. The van der Waals surface area contributed by atoms with E-state index in [-0.39, 0.29) is 55.4 Å². The van der Waals surface area contributed by atoms with E-state index >= 15 is 0 Å². The van der Waals surface area contributed by atoms with Gasteiger partial charge in [-0.3, -0.25) is 14.4 Å². The molecular weight excluding hydrogens is 734 g/mol. The molecule has 13 nitrogen and oxygen atoms in total. The molecule has 0 aromatic carbocycles. The lowest BCUT2D eigenvalue weighted by molar-refractivity contribution is -0.171. The number of nitrogens with zero attached hydrogens (tertiary/aromatic N) is 1. The van der Waals surface area contributed by atoms with E-state index in [2.05, 4.69) is 6.92 Å². The number of ether oxygens (including phenoxy) is 5. The first-order chi connectivity index (χ1) is 27.1. The SMILES string of the molecule is CO[C@H]1C[C@@H](C)C/C(C)=C/[C@@H](CC=O)C(=O)C[C@H](O)[C@@H](C)[C@@H](/C(C)=C/[C@@H]2CC[C@@H](O)[C@H](OC)C2)OC(=O)[C@@H]2CCCCN2C(=O)C(=O)[C@@H]2C[C@H](C)C[C@H](OC)[C@@H]1O2. The highest BCUT2D eigenvalue weighted by Crippen LogP contribution is 2.35. The number of piperidine rings is 1. The molecular formula is C44H69NO12. The zero-order valence-corrected chi connectivity index (χ0v) is 35.4. The minimum atomic E-state index is -1.24. The van der Waals surface area contributed by atoms with Crippen molar-refractivity contribution in [2.24, 2.45) is 29.6 Å². The Hall–Kier alpha value is -2.81. The largest absolute Gasteiger partial charge is 0.456 e. The average molecular weight is 804 g/mol. The number of hydrogen-bond donors (Lipinski definition) is 2. The summed E-state index contributed by atoms with van der Waals surface area (Å²) in [5.74, 6) is -4.02. The summed E-state index contributed by atoms with van der Waals surface area (Å²) in [6, 6.07) is -1.04. The highest BCUT2D eigenvalue weighted by atomic mass is 16.6. The van der Waals surface area contributed by atoms with Crippen molar-refractivity contribution in [1.82, 2.24) is 4.90 Å². The van der Waals surface area contributed by atoms with Gasteiger partial charge in [-0.25, -0.2) is 4.79 Å². The predicted octanol–water partition coefficient (Wildman–Crippen LogP) is 4.72. The summed E-state index contributed by atoms with van der Waals surface area (Å²) in [4.78, 5) is 69.7. The number of allylic oxidation sites excluding steroid dienone is 3. The molecule has 3 aliphatic heterocycles. The number of rotatable bonds is 7. The lowest BCUT2D eigenvalue weighted by Crippen LogP contribution is -2.54. The van der Waals surface area contributed by atoms with E-state index in [4.69, 9.17) is 23.7 Å². The van der Waals surface area contributed by atoms with Gasteiger partial charge in [0.15, 0.2) is 0 Å². The van der Waals surface area contributed by atoms with Gasteiger partial charge in [-0.05, 0) is 101 Å². The Labute approximate surface area is 339 Å². The first-order valence-electron chi connectivity index (χ1n) is 21.1. The van der Waals surface area contributed by atoms with Crippen LogP contribution in [0.2, 0.25) is 0 Å². The summed E-state index contributed by atoms with van der Waals surface area (Å²) in [5.41, 5.74) is 1.56. The van der Waals surface area contributed by atoms with Crippen molar-refractivity contribution in [1.29, 1.82) is 0 Å². The third-order valence-corrected chi connectivity index (χ3v) is 12.8. The quantitative estimate of drug-likeness (QED) is 0.157. The molecule has 4 rings (SSSR count). The fraction of sp³-hybridized carbons (Fsp3) is 0.795. The topological polar surface area (TPSA) is 175 Å². The van der Waals surface area contributed by atoms with Crippen molar-refractivity contribution in [2.75, 3.05) is 27.9 Å². The van der Waals surface area contributed by atoms with Gasteiger partial charge in [0.25, 0.3) is 5.91 Å². The summed E-state index contributed by atoms with van der Waals surface area (Å²) in [7, 11) is 4.75. The number of ketones is 2. The van der Waals surface area contributed by atoms with Crippen LogP contribution < -0.4 is 0 Å². The first kappa shape index (κ1) is 46.9. The van der Waals surface area contributed by atoms with Crippen LogP contribution in [0.1, 0.15) is 112 Å². The molecule has 0 spiro atoms. The second kappa shape index (κ2) is 22.0. The zero-order chi connectivity index (χ0) is 42.0. The number of carbonyl (C=O) groups excluding carboxylic acids is 5. The highest BCUT2D eigenvalue weighted by Gasteiger charge is 2.45.